The van der Waals surface area contributed by atoms with E-state index in [9.17, 15) is 18.4 Å². The molecule has 0 aromatic heterocycles. The Bertz CT molecular complexity index is 689. The number of benzene rings is 2. The molecule has 27 heavy (non-hydrogen) atoms. The fraction of sp³-hybridized carbons (Fsp3) is 0.222. The van der Waals surface area contributed by atoms with Gasteiger partial charge in [-0.15, -0.1) is 0 Å². The molecule has 2 aromatic carbocycles. The number of nitrogens with two attached hydrogens (primary N) is 1. The molecule has 0 unspecified atom stereocenters. The summed E-state index contributed by atoms with van der Waals surface area (Å²) in [4.78, 5) is 20.0. The number of carboxylic acid groups (broad SMARTS) is 2. The van der Waals surface area contributed by atoms with E-state index >= 15 is 0 Å². The van der Waals surface area contributed by atoms with Crippen LogP contribution in [-0.4, -0.2) is 34.2 Å². The van der Waals surface area contributed by atoms with Crippen LogP contribution in [0, 0.1) is 11.6 Å². The van der Waals surface area contributed by atoms with Gasteiger partial charge in [-0.1, -0.05) is 15.9 Å². The van der Waals surface area contributed by atoms with Crippen LogP contribution >= 0.6 is 15.9 Å². The minimum absolute atomic E-state index is 0.201. The van der Waals surface area contributed by atoms with Crippen LogP contribution in [0.3, 0.4) is 0 Å². The monoisotopic (exact) mass is 446 g/mol. The summed E-state index contributed by atoms with van der Waals surface area (Å²) in [5.41, 5.74) is 5.43. The highest BCUT2D eigenvalue weighted by molar-refractivity contribution is 9.10. The summed E-state index contributed by atoms with van der Waals surface area (Å²) >= 11 is 3.18. The first kappa shape index (κ1) is 24.5. The van der Waals surface area contributed by atoms with Crippen molar-refractivity contribution in [3.8, 4) is 0 Å². The molecular formula is C18H21BrF2N2O4. The first-order chi connectivity index (χ1) is 12.5. The summed E-state index contributed by atoms with van der Waals surface area (Å²) in [5.74, 6) is -2.44. The van der Waals surface area contributed by atoms with Crippen molar-refractivity contribution in [2.75, 3.05) is 5.32 Å². The minimum atomic E-state index is -0.963. The van der Waals surface area contributed by atoms with Crippen LogP contribution in [0.4, 0.5) is 14.5 Å². The zero-order valence-corrected chi connectivity index (χ0v) is 16.3. The predicted molar refractivity (Wildman–Crippen MR) is 103 cm³/mol. The lowest BCUT2D eigenvalue weighted by atomic mass is 10.2. The first-order valence-corrected chi connectivity index (χ1v) is 8.46. The standard InChI is InChI=1S/C9H10FNO2.C6H4BrF.C3H7NO2/c1-6(9(12)13)11-8-4-2-7(10)3-5-8;7-5-1-3-6(8)4-2-5;1-2(4)3(5)6/h2-6,11H,1H3,(H,12,13);1-4H;2H,4H2,1H3,(H,5,6)/t6-;;2-/m0.0/s1. The van der Waals surface area contributed by atoms with Crippen molar-refractivity contribution < 1.29 is 28.6 Å². The fourth-order valence-electron chi connectivity index (χ4n) is 1.29. The first-order valence-electron chi connectivity index (χ1n) is 7.67. The molecule has 6 nitrogen and oxygen atoms in total. The summed E-state index contributed by atoms with van der Waals surface area (Å²) in [7, 11) is 0. The van der Waals surface area contributed by atoms with Crippen molar-refractivity contribution in [3.05, 3.63) is 64.6 Å². The topological polar surface area (TPSA) is 113 Å². The van der Waals surface area contributed by atoms with Gasteiger partial charge in [0, 0.05) is 10.2 Å². The van der Waals surface area contributed by atoms with Crippen LogP contribution in [0.2, 0.25) is 0 Å². The van der Waals surface area contributed by atoms with E-state index in [1.165, 1.54) is 50.2 Å². The molecule has 0 saturated carbocycles. The maximum Gasteiger partial charge on any atom is 0.325 e. The second kappa shape index (κ2) is 12.8. The van der Waals surface area contributed by atoms with E-state index in [1.807, 2.05) is 0 Å². The van der Waals surface area contributed by atoms with E-state index in [-0.39, 0.29) is 11.6 Å². The number of aliphatic carboxylic acids is 2. The van der Waals surface area contributed by atoms with Gasteiger partial charge in [0.05, 0.1) is 0 Å². The molecule has 0 spiro atoms. The molecule has 148 valence electrons. The smallest absolute Gasteiger partial charge is 0.325 e. The number of carboxylic acids is 2. The van der Waals surface area contributed by atoms with Crippen LogP contribution in [0.5, 0.6) is 0 Å². The molecule has 2 atom stereocenters. The zero-order valence-electron chi connectivity index (χ0n) is 14.7. The Kier molecular flexibility index (Phi) is 11.6. The largest absolute Gasteiger partial charge is 0.480 e. The van der Waals surface area contributed by atoms with E-state index in [0.717, 1.165) is 4.47 Å². The van der Waals surface area contributed by atoms with Crippen LogP contribution < -0.4 is 11.1 Å². The number of hydrogen-bond donors (Lipinski definition) is 4. The Labute approximate surface area is 164 Å². The van der Waals surface area contributed by atoms with Gasteiger partial charge in [-0.05, 0) is 62.4 Å². The number of halogens is 3. The molecule has 2 aromatic rings. The molecule has 0 aliphatic carbocycles. The van der Waals surface area contributed by atoms with Gasteiger partial charge in [0.25, 0.3) is 0 Å². The molecule has 0 aliphatic rings. The quantitative estimate of drug-likeness (QED) is 0.569. The average Bonchev–Trinajstić information content (AvgIpc) is 2.60. The Balaban J connectivity index is 0.000000413. The highest BCUT2D eigenvalue weighted by atomic mass is 79.9. The van der Waals surface area contributed by atoms with Crippen LogP contribution in [-0.2, 0) is 9.59 Å². The van der Waals surface area contributed by atoms with Gasteiger partial charge in [-0.2, -0.15) is 0 Å². The zero-order chi connectivity index (χ0) is 21.0. The van der Waals surface area contributed by atoms with Crippen LogP contribution in [0.15, 0.2) is 53.0 Å². The van der Waals surface area contributed by atoms with Crippen molar-refractivity contribution in [1.82, 2.24) is 0 Å². The predicted octanol–water partition coefficient (Wildman–Crippen LogP) is 3.72. The molecular weight excluding hydrogens is 426 g/mol. The van der Waals surface area contributed by atoms with Gasteiger partial charge in [0.2, 0.25) is 0 Å². The number of anilines is 1. The third-order valence-electron chi connectivity index (χ3n) is 2.79. The molecule has 2 rings (SSSR count). The third kappa shape index (κ3) is 12.5. The van der Waals surface area contributed by atoms with Crippen molar-refractivity contribution in [1.29, 1.82) is 0 Å². The van der Waals surface area contributed by atoms with Crippen LogP contribution in [0.25, 0.3) is 0 Å². The Morgan fingerprint density at radius 3 is 1.59 bits per heavy atom. The second-order valence-electron chi connectivity index (χ2n) is 5.27. The van der Waals surface area contributed by atoms with Crippen molar-refractivity contribution in [2.24, 2.45) is 5.73 Å². The third-order valence-corrected chi connectivity index (χ3v) is 3.32. The molecule has 0 heterocycles. The minimum Gasteiger partial charge on any atom is -0.480 e. The Hall–Kier alpha value is -2.52. The maximum atomic E-state index is 12.4. The molecule has 0 radical (unpaired) electrons. The molecule has 9 heteroatoms. The summed E-state index contributed by atoms with van der Waals surface area (Å²) in [6, 6.07) is 10.3. The van der Waals surface area contributed by atoms with Crippen molar-refractivity contribution >= 4 is 33.6 Å². The van der Waals surface area contributed by atoms with E-state index in [2.05, 4.69) is 21.2 Å². The van der Waals surface area contributed by atoms with E-state index < -0.39 is 24.0 Å². The highest BCUT2D eigenvalue weighted by Crippen LogP contribution is 2.09. The molecule has 5 N–H and O–H groups in total. The summed E-state index contributed by atoms with van der Waals surface area (Å²) in [6.45, 7) is 2.94. The molecule has 0 fully saturated rings. The van der Waals surface area contributed by atoms with Gasteiger partial charge >= 0.3 is 11.9 Å². The summed E-state index contributed by atoms with van der Waals surface area (Å²) < 4.78 is 25.4. The van der Waals surface area contributed by atoms with E-state index in [1.54, 1.807) is 12.1 Å². The lowest BCUT2D eigenvalue weighted by Gasteiger charge is -2.09. The Morgan fingerprint density at radius 1 is 0.926 bits per heavy atom. The molecule has 0 bridgehead atoms. The van der Waals surface area contributed by atoms with Gasteiger partial charge in [0.15, 0.2) is 0 Å². The van der Waals surface area contributed by atoms with E-state index in [4.69, 9.17) is 15.9 Å². The second-order valence-corrected chi connectivity index (χ2v) is 6.19. The SMILES string of the molecule is C[C@H](N)C(=O)O.C[C@H](Nc1ccc(F)cc1)C(=O)O.Fc1ccc(Br)cc1. The number of hydrogen-bond acceptors (Lipinski definition) is 4. The molecule has 0 saturated heterocycles. The van der Waals surface area contributed by atoms with Crippen molar-refractivity contribution in [3.63, 3.8) is 0 Å². The van der Waals surface area contributed by atoms with Crippen molar-refractivity contribution in [2.45, 2.75) is 25.9 Å². The average molecular weight is 447 g/mol. The number of nitrogens with one attached hydrogen (secondary N) is 1. The molecule has 0 amide bonds. The van der Waals surface area contributed by atoms with Gasteiger partial charge in [-0.25, -0.2) is 8.78 Å². The maximum absolute atomic E-state index is 12.4. The van der Waals surface area contributed by atoms with Gasteiger partial charge in [0.1, 0.15) is 23.7 Å². The lowest BCUT2D eigenvalue weighted by Crippen LogP contribution is -2.25. The van der Waals surface area contributed by atoms with Crippen LogP contribution in [0.1, 0.15) is 13.8 Å². The van der Waals surface area contributed by atoms with Gasteiger partial charge < -0.3 is 21.3 Å². The highest BCUT2D eigenvalue weighted by Gasteiger charge is 2.09. The summed E-state index contributed by atoms with van der Waals surface area (Å²) in [5, 5.41) is 19.1. The number of carbonyl (C=O) groups is 2. The lowest BCUT2D eigenvalue weighted by molar-refractivity contribution is -0.138. The van der Waals surface area contributed by atoms with Gasteiger partial charge in [-0.3, -0.25) is 9.59 Å². The normalized spacial score (nSPS) is 11.6. The number of rotatable bonds is 4. The fourth-order valence-corrected chi connectivity index (χ4v) is 1.55. The van der Waals surface area contributed by atoms with E-state index in [0.29, 0.717) is 5.69 Å². The Morgan fingerprint density at radius 2 is 1.30 bits per heavy atom. The summed E-state index contributed by atoms with van der Waals surface area (Å²) in [6.07, 6.45) is 0. The molecule has 0 aliphatic heterocycles.